The van der Waals surface area contributed by atoms with Crippen LogP contribution in [0.4, 0.5) is 11.4 Å². The fourth-order valence-corrected chi connectivity index (χ4v) is 4.95. The van der Waals surface area contributed by atoms with Gasteiger partial charge in [-0.25, -0.2) is 0 Å². The van der Waals surface area contributed by atoms with Crippen molar-refractivity contribution in [2.45, 2.75) is 49.3 Å². The first-order chi connectivity index (χ1) is 15.2. The molecule has 0 atom stereocenters. The lowest BCUT2D eigenvalue weighted by Gasteiger charge is -2.06. The number of benzene rings is 2. The standard InChI is InChI=1S/C22H24N2O6S2/c1-15(25)17-7-9-21(19(13-17)23(27)28)31-11-5-3-4-6-12-32-22-10-8-18(16(2)26)14-20(22)24(29)30/h7-10,13-14H,3-6,11-12H2,1-2H3. The van der Waals surface area contributed by atoms with Crippen LogP contribution < -0.4 is 0 Å². The first-order valence-corrected chi connectivity index (χ1v) is 12.0. The van der Waals surface area contributed by atoms with E-state index in [1.54, 1.807) is 24.3 Å². The largest absolute Gasteiger partial charge is 0.295 e. The number of Topliss-reactive ketones (excluding diaryl/α,β-unsaturated/α-hetero) is 2. The molecule has 2 aromatic carbocycles. The molecule has 0 N–H and O–H groups in total. The predicted octanol–water partition coefficient (Wildman–Crippen LogP) is 6.35. The van der Waals surface area contributed by atoms with E-state index in [2.05, 4.69) is 0 Å². The Morgan fingerprint density at radius 2 is 1.09 bits per heavy atom. The second-order valence-electron chi connectivity index (χ2n) is 7.10. The van der Waals surface area contributed by atoms with Crippen LogP contribution in [0.3, 0.4) is 0 Å². The number of thioether (sulfide) groups is 2. The van der Waals surface area contributed by atoms with Gasteiger partial charge < -0.3 is 0 Å². The van der Waals surface area contributed by atoms with Gasteiger partial charge in [-0.2, -0.15) is 0 Å². The average Bonchev–Trinajstić information content (AvgIpc) is 2.75. The van der Waals surface area contributed by atoms with E-state index in [9.17, 15) is 29.8 Å². The lowest BCUT2D eigenvalue weighted by Crippen LogP contribution is -1.97. The fraction of sp³-hybridized carbons (Fsp3) is 0.364. The summed E-state index contributed by atoms with van der Waals surface area (Å²) in [4.78, 5) is 45.5. The maximum Gasteiger partial charge on any atom is 0.283 e. The zero-order valence-electron chi connectivity index (χ0n) is 17.9. The SMILES string of the molecule is CC(=O)c1ccc(SCCCCCCSc2ccc(C(C)=O)cc2[N+](=O)[O-])c([N+](=O)[O-])c1. The van der Waals surface area contributed by atoms with Crippen LogP contribution in [0.25, 0.3) is 0 Å². The molecule has 0 saturated heterocycles. The van der Waals surface area contributed by atoms with Gasteiger partial charge >= 0.3 is 0 Å². The molecule has 0 aliphatic heterocycles. The summed E-state index contributed by atoms with van der Waals surface area (Å²) in [5, 5.41) is 22.5. The summed E-state index contributed by atoms with van der Waals surface area (Å²) in [6.45, 7) is 2.76. The van der Waals surface area contributed by atoms with Gasteiger partial charge in [0.2, 0.25) is 0 Å². The van der Waals surface area contributed by atoms with Crippen LogP contribution in [-0.2, 0) is 0 Å². The van der Waals surface area contributed by atoms with Gasteiger partial charge in [0.05, 0.1) is 19.6 Å². The van der Waals surface area contributed by atoms with Crippen molar-refractivity contribution >= 4 is 46.5 Å². The average molecular weight is 477 g/mol. The minimum absolute atomic E-state index is 0.0449. The molecule has 0 aliphatic carbocycles. The van der Waals surface area contributed by atoms with Crippen LogP contribution in [-0.4, -0.2) is 32.9 Å². The van der Waals surface area contributed by atoms with E-state index < -0.39 is 9.85 Å². The van der Waals surface area contributed by atoms with Crippen molar-refractivity contribution in [1.29, 1.82) is 0 Å². The lowest BCUT2D eigenvalue weighted by atomic mass is 10.1. The number of carbonyl (C=O) groups excluding carboxylic acids is 2. The molecule has 2 rings (SSSR count). The highest BCUT2D eigenvalue weighted by molar-refractivity contribution is 7.99. The number of nitro groups is 2. The molecule has 0 unspecified atom stereocenters. The molecule has 0 fully saturated rings. The number of rotatable bonds is 13. The van der Waals surface area contributed by atoms with Crippen LogP contribution in [0, 0.1) is 20.2 Å². The maximum absolute atomic E-state index is 11.4. The monoisotopic (exact) mass is 476 g/mol. The van der Waals surface area contributed by atoms with Crippen molar-refractivity contribution < 1.29 is 19.4 Å². The second-order valence-corrected chi connectivity index (χ2v) is 9.38. The van der Waals surface area contributed by atoms with Gasteiger partial charge in [0, 0.05) is 23.3 Å². The van der Waals surface area contributed by atoms with Crippen LogP contribution in [0.1, 0.15) is 60.2 Å². The molecule has 0 amide bonds. The van der Waals surface area contributed by atoms with E-state index in [-0.39, 0.29) is 22.9 Å². The van der Waals surface area contributed by atoms with Crippen LogP contribution >= 0.6 is 23.5 Å². The molecule has 2 aromatic rings. The molecule has 0 heterocycles. The molecule has 170 valence electrons. The van der Waals surface area contributed by atoms with Crippen molar-refractivity contribution in [2.24, 2.45) is 0 Å². The molecule has 0 radical (unpaired) electrons. The number of nitro benzene ring substituents is 2. The van der Waals surface area contributed by atoms with Crippen molar-refractivity contribution in [1.82, 2.24) is 0 Å². The van der Waals surface area contributed by atoms with E-state index in [1.807, 2.05) is 0 Å². The molecule has 0 saturated carbocycles. The Bertz CT molecular complexity index is 944. The highest BCUT2D eigenvalue weighted by Crippen LogP contribution is 2.32. The summed E-state index contributed by atoms with van der Waals surface area (Å²) in [5.74, 6) is 1.04. The summed E-state index contributed by atoms with van der Waals surface area (Å²) in [6, 6.07) is 9.11. The summed E-state index contributed by atoms with van der Waals surface area (Å²) >= 11 is 2.81. The van der Waals surface area contributed by atoms with E-state index in [1.165, 1.54) is 49.5 Å². The van der Waals surface area contributed by atoms with Crippen molar-refractivity contribution in [3.05, 3.63) is 67.8 Å². The second kappa shape index (κ2) is 12.4. The third-order valence-electron chi connectivity index (χ3n) is 4.68. The highest BCUT2D eigenvalue weighted by Gasteiger charge is 2.17. The van der Waals surface area contributed by atoms with E-state index >= 15 is 0 Å². The van der Waals surface area contributed by atoms with E-state index in [0.717, 1.165) is 37.2 Å². The first-order valence-electron chi connectivity index (χ1n) is 10.0. The molecule has 32 heavy (non-hydrogen) atoms. The fourth-order valence-electron chi connectivity index (χ4n) is 2.92. The Morgan fingerprint density at radius 3 is 1.41 bits per heavy atom. The minimum atomic E-state index is -0.464. The molecule has 8 nitrogen and oxygen atoms in total. The third kappa shape index (κ3) is 7.45. The zero-order chi connectivity index (χ0) is 23.7. The highest BCUT2D eigenvalue weighted by atomic mass is 32.2. The van der Waals surface area contributed by atoms with E-state index in [0.29, 0.717) is 20.9 Å². The van der Waals surface area contributed by atoms with Crippen LogP contribution in [0.15, 0.2) is 46.2 Å². The number of carbonyl (C=O) groups is 2. The van der Waals surface area contributed by atoms with Crippen LogP contribution in [0.2, 0.25) is 0 Å². The number of nitrogens with zero attached hydrogens (tertiary/aromatic N) is 2. The minimum Gasteiger partial charge on any atom is -0.295 e. The summed E-state index contributed by atoms with van der Waals surface area (Å²) in [5.41, 5.74) is 0.567. The van der Waals surface area contributed by atoms with Gasteiger partial charge in [-0.15, -0.1) is 23.5 Å². The molecule has 0 bridgehead atoms. The third-order valence-corrected chi connectivity index (χ3v) is 6.98. The lowest BCUT2D eigenvalue weighted by molar-refractivity contribution is -0.387. The number of hydrogen-bond acceptors (Lipinski definition) is 8. The number of unbranched alkanes of at least 4 members (excludes halogenated alkanes) is 3. The number of ketones is 2. The molecular weight excluding hydrogens is 452 g/mol. The van der Waals surface area contributed by atoms with Gasteiger partial charge in [-0.05, 0) is 62.5 Å². The zero-order valence-corrected chi connectivity index (χ0v) is 19.5. The summed E-state index contributed by atoms with van der Waals surface area (Å²) < 4.78 is 0. The number of hydrogen-bond donors (Lipinski definition) is 0. The van der Waals surface area contributed by atoms with Crippen molar-refractivity contribution in [3.8, 4) is 0 Å². The normalized spacial score (nSPS) is 10.7. The molecular formula is C22H24N2O6S2. The Balaban J connectivity index is 1.75. The molecule has 0 spiro atoms. The van der Waals surface area contributed by atoms with Crippen molar-refractivity contribution in [3.63, 3.8) is 0 Å². The van der Waals surface area contributed by atoms with Gasteiger partial charge in [0.1, 0.15) is 0 Å². The van der Waals surface area contributed by atoms with Gasteiger partial charge in [0.25, 0.3) is 11.4 Å². The van der Waals surface area contributed by atoms with Gasteiger partial charge in [-0.1, -0.05) is 12.8 Å². The Morgan fingerprint density at radius 1 is 0.719 bits per heavy atom. The van der Waals surface area contributed by atoms with Gasteiger partial charge in [0.15, 0.2) is 11.6 Å². The predicted molar refractivity (Wildman–Crippen MR) is 126 cm³/mol. The summed E-state index contributed by atoms with van der Waals surface area (Å²) in [6.07, 6.45) is 3.65. The molecule has 10 heteroatoms. The van der Waals surface area contributed by atoms with Gasteiger partial charge in [-0.3, -0.25) is 29.8 Å². The smallest absolute Gasteiger partial charge is 0.283 e. The quantitative estimate of drug-likeness (QED) is 0.108. The van der Waals surface area contributed by atoms with E-state index in [4.69, 9.17) is 0 Å². The Labute approximate surface area is 194 Å². The maximum atomic E-state index is 11.4. The summed E-state index contributed by atoms with van der Waals surface area (Å²) in [7, 11) is 0. The van der Waals surface area contributed by atoms with Crippen LogP contribution in [0.5, 0.6) is 0 Å². The Hall–Kier alpha value is -2.72. The topological polar surface area (TPSA) is 120 Å². The van der Waals surface area contributed by atoms with Crippen molar-refractivity contribution in [2.75, 3.05) is 11.5 Å². The molecule has 0 aliphatic rings. The first kappa shape index (κ1) is 25.5. The molecule has 0 aromatic heterocycles. The Kier molecular flexibility index (Phi) is 9.86.